The average Bonchev–Trinajstić information content (AvgIpc) is 2.76. The molecule has 1 fully saturated rings. The number of aryl methyl sites for hydroxylation is 1. The second-order valence-corrected chi connectivity index (χ2v) is 7.18. The summed E-state index contributed by atoms with van der Waals surface area (Å²) >= 11 is 0. The van der Waals surface area contributed by atoms with Crippen LogP contribution in [0.25, 0.3) is 0 Å². The minimum Gasteiger partial charge on any atom is -0.492 e. The number of hydrogen-bond acceptors (Lipinski definition) is 6. The van der Waals surface area contributed by atoms with E-state index in [1.165, 1.54) is 0 Å². The third-order valence-electron chi connectivity index (χ3n) is 4.72. The van der Waals surface area contributed by atoms with Crippen LogP contribution in [0.3, 0.4) is 0 Å². The highest BCUT2D eigenvalue weighted by atomic mass is 16.5. The number of nitrogens with one attached hydrogen (secondary N) is 1. The van der Waals surface area contributed by atoms with Crippen molar-refractivity contribution < 1.29 is 23.8 Å². The molecule has 2 aromatic carbocycles. The summed E-state index contributed by atoms with van der Waals surface area (Å²) in [5.74, 6) is -0.119. The molecule has 3 rings (SSSR count). The number of hydrogen-bond donors (Lipinski definition) is 1. The van der Waals surface area contributed by atoms with Gasteiger partial charge in [0.05, 0.1) is 25.3 Å². The molecule has 7 nitrogen and oxygen atoms in total. The van der Waals surface area contributed by atoms with Crippen molar-refractivity contribution in [1.82, 2.24) is 10.2 Å². The average molecular weight is 412 g/mol. The minimum absolute atomic E-state index is 0.321. The van der Waals surface area contributed by atoms with Gasteiger partial charge in [-0.15, -0.1) is 0 Å². The lowest BCUT2D eigenvalue weighted by Gasteiger charge is -2.26. The van der Waals surface area contributed by atoms with E-state index in [9.17, 15) is 9.59 Å². The largest absolute Gasteiger partial charge is 0.492 e. The number of nitrogens with zero attached hydrogens (tertiary/aromatic N) is 1. The van der Waals surface area contributed by atoms with Crippen molar-refractivity contribution in [2.45, 2.75) is 13.5 Å². The van der Waals surface area contributed by atoms with Crippen LogP contribution in [0.15, 0.2) is 48.5 Å². The lowest BCUT2D eigenvalue weighted by Crippen LogP contribution is -2.35. The molecule has 1 aliphatic heterocycles. The third kappa shape index (κ3) is 7.17. The summed E-state index contributed by atoms with van der Waals surface area (Å²) in [6.45, 7) is 6.50. The molecule has 0 bridgehead atoms. The first-order chi connectivity index (χ1) is 14.6. The van der Waals surface area contributed by atoms with Gasteiger partial charge in [-0.05, 0) is 42.3 Å². The molecule has 0 atom stereocenters. The molecule has 1 aliphatic rings. The number of ether oxygens (including phenoxy) is 3. The lowest BCUT2D eigenvalue weighted by molar-refractivity contribution is -0.124. The molecule has 0 saturated carbocycles. The normalized spacial score (nSPS) is 14.2. The Morgan fingerprint density at radius 3 is 2.60 bits per heavy atom. The van der Waals surface area contributed by atoms with Crippen LogP contribution in [0, 0.1) is 6.92 Å². The molecule has 0 aliphatic carbocycles. The maximum absolute atomic E-state index is 12.1. The topological polar surface area (TPSA) is 77.1 Å². The van der Waals surface area contributed by atoms with E-state index >= 15 is 0 Å². The Morgan fingerprint density at radius 1 is 1.10 bits per heavy atom. The van der Waals surface area contributed by atoms with Gasteiger partial charge < -0.3 is 19.5 Å². The van der Waals surface area contributed by atoms with Crippen molar-refractivity contribution in [3.05, 3.63) is 65.2 Å². The highest BCUT2D eigenvalue weighted by molar-refractivity contribution is 5.91. The van der Waals surface area contributed by atoms with E-state index in [0.717, 1.165) is 49.7 Å². The predicted octanol–water partition coefficient (Wildman–Crippen LogP) is 2.18. The maximum Gasteiger partial charge on any atom is 0.338 e. The molecular weight excluding hydrogens is 384 g/mol. The van der Waals surface area contributed by atoms with E-state index in [4.69, 9.17) is 14.2 Å². The number of morpholine rings is 1. The van der Waals surface area contributed by atoms with Crippen molar-refractivity contribution in [3.63, 3.8) is 0 Å². The fraction of sp³-hybridized carbons (Fsp3) is 0.391. The quantitative estimate of drug-likeness (QED) is 0.503. The Hall–Kier alpha value is -2.90. The summed E-state index contributed by atoms with van der Waals surface area (Å²) in [6.07, 6.45) is 0. The third-order valence-corrected chi connectivity index (χ3v) is 4.72. The van der Waals surface area contributed by atoms with Gasteiger partial charge in [0.2, 0.25) is 0 Å². The van der Waals surface area contributed by atoms with Crippen molar-refractivity contribution in [2.24, 2.45) is 0 Å². The first-order valence-electron chi connectivity index (χ1n) is 10.1. The van der Waals surface area contributed by atoms with Gasteiger partial charge in [-0.1, -0.05) is 24.3 Å². The summed E-state index contributed by atoms with van der Waals surface area (Å²) in [6, 6.07) is 15.0. The van der Waals surface area contributed by atoms with E-state index in [-0.39, 0.29) is 12.5 Å². The van der Waals surface area contributed by atoms with Crippen LogP contribution in [-0.4, -0.2) is 62.8 Å². The molecule has 0 spiro atoms. The first kappa shape index (κ1) is 21.8. The summed E-state index contributed by atoms with van der Waals surface area (Å²) in [7, 11) is 0. The molecule has 1 N–H and O–H groups in total. The van der Waals surface area contributed by atoms with Gasteiger partial charge in [-0.25, -0.2) is 4.79 Å². The molecule has 160 valence electrons. The second-order valence-electron chi connectivity index (χ2n) is 7.18. The van der Waals surface area contributed by atoms with Gasteiger partial charge in [0.25, 0.3) is 5.91 Å². The maximum atomic E-state index is 12.1. The molecule has 0 radical (unpaired) electrons. The summed E-state index contributed by atoms with van der Waals surface area (Å²) in [5.41, 5.74) is 2.66. The second kappa shape index (κ2) is 11.3. The van der Waals surface area contributed by atoms with Crippen LogP contribution >= 0.6 is 0 Å². The van der Waals surface area contributed by atoms with Gasteiger partial charge in [-0.3, -0.25) is 9.69 Å². The standard InChI is InChI=1S/C23H28N2O5/c1-18-3-2-4-21(15-18)29-12-9-24-22(26)17-30-23(27)20-7-5-19(6-8-20)16-25-10-13-28-14-11-25/h2-8,15H,9-14,16-17H2,1H3,(H,24,26). The molecular formula is C23H28N2O5. The highest BCUT2D eigenvalue weighted by Crippen LogP contribution is 2.12. The number of rotatable bonds is 9. The smallest absolute Gasteiger partial charge is 0.338 e. The van der Waals surface area contributed by atoms with Crippen LogP contribution in [0.4, 0.5) is 0 Å². The number of carbonyl (C=O) groups is 2. The lowest BCUT2D eigenvalue weighted by atomic mass is 10.1. The van der Waals surface area contributed by atoms with Crippen molar-refractivity contribution in [1.29, 1.82) is 0 Å². The summed E-state index contributed by atoms with van der Waals surface area (Å²) in [5, 5.41) is 2.67. The zero-order valence-electron chi connectivity index (χ0n) is 17.3. The first-order valence-corrected chi connectivity index (χ1v) is 10.1. The molecule has 1 heterocycles. The van der Waals surface area contributed by atoms with Crippen molar-refractivity contribution in [2.75, 3.05) is 46.1 Å². The van der Waals surface area contributed by atoms with Gasteiger partial charge in [0, 0.05) is 19.6 Å². The minimum atomic E-state index is -0.515. The molecule has 1 saturated heterocycles. The van der Waals surface area contributed by atoms with Gasteiger partial charge in [-0.2, -0.15) is 0 Å². The molecule has 0 aromatic heterocycles. The zero-order valence-corrected chi connectivity index (χ0v) is 17.3. The van der Waals surface area contributed by atoms with Gasteiger partial charge >= 0.3 is 5.97 Å². The number of benzene rings is 2. The van der Waals surface area contributed by atoms with E-state index in [2.05, 4.69) is 10.2 Å². The Morgan fingerprint density at radius 2 is 1.87 bits per heavy atom. The molecule has 30 heavy (non-hydrogen) atoms. The van der Waals surface area contributed by atoms with Crippen LogP contribution in [0.2, 0.25) is 0 Å². The van der Waals surface area contributed by atoms with E-state index < -0.39 is 5.97 Å². The van der Waals surface area contributed by atoms with Crippen LogP contribution in [0.1, 0.15) is 21.5 Å². The van der Waals surface area contributed by atoms with Crippen LogP contribution in [0.5, 0.6) is 5.75 Å². The molecule has 7 heteroatoms. The van der Waals surface area contributed by atoms with Crippen molar-refractivity contribution >= 4 is 11.9 Å². The van der Waals surface area contributed by atoms with E-state index in [0.29, 0.717) is 18.7 Å². The Bertz CT molecular complexity index is 832. The van der Waals surface area contributed by atoms with E-state index in [1.54, 1.807) is 12.1 Å². The number of amides is 1. The van der Waals surface area contributed by atoms with Gasteiger partial charge in [0.1, 0.15) is 12.4 Å². The van der Waals surface area contributed by atoms with Gasteiger partial charge in [0.15, 0.2) is 6.61 Å². The van der Waals surface area contributed by atoms with Crippen molar-refractivity contribution in [3.8, 4) is 5.75 Å². The summed E-state index contributed by atoms with van der Waals surface area (Å²) in [4.78, 5) is 26.3. The van der Waals surface area contributed by atoms with Crippen LogP contribution in [-0.2, 0) is 20.8 Å². The molecule has 1 amide bonds. The Kier molecular flexibility index (Phi) is 8.23. The predicted molar refractivity (Wildman–Crippen MR) is 113 cm³/mol. The number of esters is 1. The monoisotopic (exact) mass is 412 g/mol. The Labute approximate surface area is 176 Å². The SMILES string of the molecule is Cc1cccc(OCCNC(=O)COC(=O)c2ccc(CN3CCOCC3)cc2)c1. The fourth-order valence-electron chi connectivity index (χ4n) is 3.09. The molecule has 2 aromatic rings. The van der Waals surface area contributed by atoms with Crippen LogP contribution < -0.4 is 10.1 Å². The number of carbonyl (C=O) groups excluding carboxylic acids is 2. The summed E-state index contributed by atoms with van der Waals surface area (Å²) < 4.78 is 16.0. The fourth-order valence-corrected chi connectivity index (χ4v) is 3.09. The van der Waals surface area contributed by atoms with E-state index in [1.807, 2.05) is 43.3 Å². The molecule has 0 unspecified atom stereocenters. The Balaban J connectivity index is 1.33. The highest BCUT2D eigenvalue weighted by Gasteiger charge is 2.13. The zero-order chi connectivity index (χ0) is 21.2.